The summed E-state index contributed by atoms with van der Waals surface area (Å²) in [4.78, 5) is 4.32. The number of ether oxygens (including phenoxy) is 1. The van der Waals surface area contributed by atoms with Crippen LogP contribution in [-0.2, 0) is 6.54 Å². The van der Waals surface area contributed by atoms with Crippen molar-refractivity contribution in [3.05, 3.63) is 48.0 Å². The Bertz CT molecular complexity index is 704. The standard InChI is InChI=1S/C15H14N2O3/c1-19-14-7-6-10(8-12(14)18)9-16-15-17-11-4-2-3-5-13(11)20-15/h2-8,18H,9H2,1H3,(H,16,17). The average molecular weight is 270 g/mol. The molecule has 0 aliphatic rings. The van der Waals surface area contributed by atoms with E-state index in [9.17, 15) is 5.11 Å². The lowest BCUT2D eigenvalue weighted by atomic mass is 10.2. The van der Waals surface area contributed by atoms with E-state index in [1.807, 2.05) is 30.3 Å². The van der Waals surface area contributed by atoms with E-state index in [4.69, 9.17) is 9.15 Å². The maximum absolute atomic E-state index is 9.71. The highest BCUT2D eigenvalue weighted by Gasteiger charge is 2.06. The van der Waals surface area contributed by atoms with E-state index < -0.39 is 0 Å². The van der Waals surface area contributed by atoms with Crippen molar-refractivity contribution < 1.29 is 14.3 Å². The molecule has 0 aliphatic heterocycles. The highest BCUT2D eigenvalue weighted by molar-refractivity contribution is 5.74. The summed E-state index contributed by atoms with van der Waals surface area (Å²) in [5, 5.41) is 12.8. The van der Waals surface area contributed by atoms with Crippen molar-refractivity contribution in [1.82, 2.24) is 4.98 Å². The van der Waals surface area contributed by atoms with Crippen LogP contribution in [0.2, 0.25) is 0 Å². The molecule has 0 fully saturated rings. The quantitative estimate of drug-likeness (QED) is 0.762. The Morgan fingerprint density at radius 2 is 2.10 bits per heavy atom. The molecular weight excluding hydrogens is 256 g/mol. The van der Waals surface area contributed by atoms with E-state index >= 15 is 0 Å². The van der Waals surface area contributed by atoms with Crippen LogP contribution in [-0.4, -0.2) is 17.2 Å². The van der Waals surface area contributed by atoms with Crippen LogP contribution in [0.1, 0.15) is 5.56 Å². The molecule has 0 saturated carbocycles. The SMILES string of the molecule is COc1ccc(CNc2nc3ccccc3o2)cc1O. The summed E-state index contributed by atoms with van der Waals surface area (Å²) >= 11 is 0. The van der Waals surface area contributed by atoms with E-state index in [-0.39, 0.29) is 5.75 Å². The van der Waals surface area contributed by atoms with Crippen LogP contribution in [0.5, 0.6) is 11.5 Å². The lowest BCUT2D eigenvalue weighted by molar-refractivity contribution is 0.373. The predicted octanol–water partition coefficient (Wildman–Crippen LogP) is 3.15. The lowest BCUT2D eigenvalue weighted by Gasteiger charge is -2.06. The molecule has 5 nitrogen and oxygen atoms in total. The van der Waals surface area contributed by atoms with Crippen molar-refractivity contribution >= 4 is 17.1 Å². The fourth-order valence-corrected chi connectivity index (χ4v) is 1.97. The third-order valence-corrected chi connectivity index (χ3v) is 2.98. The second-order valence-corrected chi connectivity index (χ2v) is 4.35. The van der Waals surface area contributed by atoms with Crippen molar-refractivity contribution in [3.63, 3.8) is 0 Å². The van der Waals surface area contributed by atoms with Crippen LogP contribution in [0.15, 0.2) is 46.9 Å². The number of aromatic nitrogens is 1. The molecule has 2 N–H and O–H groups in total. The van der Waals surface area contributed by atoms with Gasteiger partial charge in [0.05, 0.1) is 7.11 Å². The number of hydrogen-bond acceptors (Lipinski definition) is 5. The summed E-state index contributed by atoms with van der Waals surface area (Å²) in [7, 11) is 1.52. The van der Waals surface area contributed by atoms with Gasteiger partial charge in [-0.3, -0.25) is 0 Å². The van der Waals surface area contributed by atoms with Gasteiger partial charge in [-0.05, 0) is 29.8 Å². The normalized spacial score (nSPS) is 10.7. The first-order chi connectivity index (χ1) is 9.76. The molecule has 3 rings (SSSR count). The topological polar surface area (TPSA) is 67.5 Å². The molecule has 3 aromatic rings. The maximum Gasteiger partial charge on any atom is 0.295 e. The molecule has 0 radical (unpaired) electrons. The van der Waals surface area contributed by atoms with Gasteiger partial charge in [0, 0.05) is 6.54 Å². The molecule has 0 bridgehead atoms. The molecule has 0 aliphatic carbocycles. The number of rotatable bonds is 4. The first-order valence-electron chi connectivity index (χ1n) is 6.21. The van der Waals surface area contributed by atoms with Crippen molar-refractivity contribution in [2.24, 2.45) is 0 Å². The Morgan fingerprint density at radius 1 is 1.25 bits per heavy atom. The predicted molar refractivity (Wildman–Crippen MR) is 76.0 cm³/mol. The van der Waals surface area contributed by atoms with E-state index in [0.29, 0.717) is 18.3 Å². The minimum absolute atomic E-state index is 0.115. The Labute approximate surface area is 115 Å². The molecule has 0 spiro atoms. The lowest BCUT2D eigenvalue weighted by Crippen LogP contribution is -1.99. The van der Waals surface area contributed by atoms with Gasteiger partial charge in [-0.1, -0.05) is 18.2 Å². The van der Waals surface area contributed by atoms with E-state index in [1.165, 1.54) is 7.11 Å². The van der Waals surface area contributed by atoms with E-state index in [0.717, 1.165) is 16.7 Å². The maximum atomic E-state index is 9.71. The zero-order chi connectivity index (χ0) is 13.9. The number of hydrogen-bond donors (Lipinski definition) is 2. The molecular formula is C15H14N2O3. The number of aromatic hydroxyl groups is 1. The zero-order valence-electron chi connectivity index (χ0n) is 11.0. The first-order valence-corrected chi connectivity index (χ1v) is 6.21. The van der Waals surface area contributed by atoms with E-state index in [1.54, 1.807) is 12.1 Å². The van der Waals surface area contributed by atoms with Crippen LogP contribution in [0, 0.1) is 0 Å². The van der Waals surface area contributed by atoms with Crippen LogP contribution in [0.25, 0.3) is 11.1 Å². The number of fused-ring (bicyclic) bond motifs is 1. The number of methoxy groups -OCH3 is 1. The fraction of sp³-hybridized carbons (Fsp3) is 0.133. The summed E-state index contributed by atoms with van der Waals surface area (Å²) in [5.74, 6) is 0.569. The molecule has 1 aromatic heterocycles. The average Bonchev–Trinajstić information content (AvgIpc) is 2.88. The van der Waals surface area contributed by atoms with Gasteiger partial charge in [-0.25, -0.2) is 0 Å². The molecule has 0 atom stereocenters. The second kappa shape index (κ2) is 5.13. The highest BCUT2D eigenvalue weighted by atomic mass is 16.5. The van der Waals surface area contributed by atoms with Gasteiger partial charge in [0.1, 0.15) is 5.52 Å². The Morgan fingerprint density at radius 3 is 2.85 bits per heavy atom. The van der Waals surface area contributed by atoms with Gasteiger partial charge in [0.2, 0.25) is 0 Å². The molecule has 20 heavy (non-hydrogen) atoms. The fourth-order valence-electron chi connectivity index (χ4n) is 1.97. The van der Waals surface area contributed by atoms with Gasteiger partial charge in [-0.15, -0.1) is 0 Å². The van der Waals surface area contributed by atoms with Crippen LogP contribution in [0.4, 0.5) is 6.01 Å². The number of anilines is 1. The molecule has 102 valence electrons. The number of oxazole rings is 1. The van der Waals surface area contributed by atoms with Crippen LogP contribution >= 0.6 is 0 Å². The molecule has 0 saturated heterocycles. The molecule has 5 heteroatoms. The largest absolute Gasteiger partial charge is 0.504 e. The Hall–Kier alpha value is -2.69. The molecule has 1 heterocycles. The highest BCUT2D eigenvalue weighted by Crippen LogP contribution is 2.26. The number of para-hydroxylation sites is 2. The third-order valence-electron chi connectivity index (χ3n) is 2.98. The van der Waals surface area contributed by atoms with Crippen molar-refractivity contribution in [1.29, 1.82) is 0 Å². The minimum atomic E-state index is 0.115. The number of phenolic OH excluding ortho intramolecular Hbond substituents is 1. The van der Waals surface area contributed by atoms with Gasteiger partial charge in [-0.2, -0.15) is 4.98 Å². The monoisotopic (exact) mass is 270 g/mol. The van der Waals surface area contributed by atoms with Crippen LogP contribution < -0.4 is 10.1 Å². The summed E-state index contributed by atoms with van der Waals surface area (Å²) < 4.78 is 10.6. The number of phenols is 1. The number of nitrogens with zero attached hydrogens (tertiary/aromatic N) is 1. The van der Waals surface area contributed by atoms with Crippen molar-refractivity contribution in [2.75, 3.05) is 12.4 Å². The Kier molecular flexibility index (Phi) is 3.16. The van der Waals surface area contributed by atoms with Crippen LogP contribution in [0.3, 0.4) is 0 Å². The van der Waals surface area contributed by atoms with Gasteiger partial charge in [0.25, 0.3) is 6.01 Å². The number of nitrogens with one attached hydrogen (secondary N) is 1. The number of benzene rings is 2. The zero-order valence-corrected chi connectivity index (χ0v) is 11.0. The van der Waals surface area contributed by atoms with Gasteiger partial charge < -0.3 is 19.6 Å². The van der Waals surface area contributed by atoms with E-state index in [2.05, 4.69) is 10.3 Å². The summed E-state index contributed by atoms with van der Waals surface area (Å²) in [6.07, 6.45) is 0. The second-order valence-electron chi connectivity index (χ2n) is 4.35. The third kappa shape index (κ3) is 2.38. The summed E-state index contributed by atoms with van der Waals surface area (Å²) in [5.41, 5.74) is 2.46. The van der Waals surface area contributed by atoms with Crippen molar-refractivity contribution in [2.45, 2.75) is 6.54 Å². The smallest absolute Gasteiger partial charge is 0.295 e. The first kappa shape index (κ1) is 12.3. The summed E-state index contributed by atoms with van der Waals surface area (Å²) in [6.45, 7) is 0.504. The molecule has 0 amide bonds. The van der Waals surface area contributed by atoms with Gasteiger partial charge >= 0.3 is 0 Å². The Balaban J connectivity index is 1.74. The molecule has 0 unspecified atom stereocenters. The van der Waals surface area contributed by atoms with Gasteiger partial charge in [0.15, 0.2) is 17.1 Å². The molecule has 2 aromatic carbocycles. The van der Waals surface area contributed by atoms with Crippen molar-refractivity contribution in [3.8, 4) is 11.5 Å². The summed E-state index contributed by atoms with van der Waals surface area (Å²) in [6, 6.07) is 13.3. The minimum Gasteiger partial charge on any atom is -0.504 e.